The Labute approximate surface area is 150 Å². The molecule has 1 aromatic heterocycles. The smallest absolute Gasteiger partial charge is 0.274 e. The van der Waals surface area contributed by atoms with Gasteiger partial charge in [-0.3, -0.25) is 4.79 Å². The van der Waals surface area contributed by atoms with Crippen LogP contribution >= 0.6 is 0 Å². The van der Waals surface area contributed by atoms with E-state index in [0.29, 0.717) is 0 Å². The molecule has 0 atom stereocenters. The Hall–Kier alpha value is -3.46. The number of benzene rings is 2. The number of hydrogen-bond donors (Lipinski definition) is 1. The zero-order valence-corrected chi connectivity index (χ0v) is 14.4. The van der Waals surface area contributed by atoms with Gasteiger partial charge in [-0.2, -0.15) is 10.4 Å². The molecule has 0 saturated carbocycles. The van der Waals surface area contributed by atoms with Crippen LogP contribution < -0.4 is 5.43 Å². The predicted molar refractivity (Wildman–Crippen MR) is 98.5 cm³/mol. The standard InChI is InChI=1S/C20H17FN4O/c1-13(2)25-12-15(16-5-3-4-6-19(16)25)11-23-24-20(26)17-8-7-14(10-22)9-18(17)21/h3-9,11-13H,1-2H3,(H,24,26)/b23-11+. The number of rotatable bonds is 4. The van der Waals surface area contributed by atoms with Gasteiger partial charge in [-0.05, 0) is 38.1 Å². The number of carbonyl (C=O) groups is 1. The largest absolute Gasteiger partial charge is 0.344 e. The summed E-state index contributed by atoms with van der Waals surface area (Å²) in [6.45, 7) is 4.17. The molecule has 26 heavy (non-hydrogen) atoms. The molecular weight excluding hydrogens is 331 g/mol. The number of halogens is 1. The summed E-state index contributed by atoms with van der Waals surface area (Å²) in [4.78, 5) is 12.1. The minimum Gasteiger partial charge on any atom is -0.344 e. The number of fused-ring (bicyclic) bond motifs is 1. The van der Waals surface area contributed by atoms with Crippen molar-refractivity contribution in [2.45, 2.75) is 19.9 Å². The molecule has 0 radical (unpaired) electrons. The molecule has 130 valence electrons. The minimum absolute atomic E-state index is 0.157. The Morgan fingerprint density at radius 2 is 2.08 bits per heavy atom. The summed E-state index contributed by atoms with van der Waals surface area (Å²) >= 11 is 0. The molecule has 0 spiro atoms. The summed E-state index contributed by atoms with van der Waals surface area (Å²) in [6.07, 6.45) is 3.51. The summed E-state index contributed by atoms with van der Waals surface area (Å²) in [6, 6.07) is 13.7. The summed E-state index contributed by atoms with van der Waals surface area (Å²) < 4.78 is 16.0. The molecule has 3 rings (SSSR count). The Morgan fingerprint density at radius 3 is 2.77 bits per heavy atom. The lowest BCUT2D eigenvalue weighted by molar-refractivity contribution is 0.0951. The predicted octanol–water partition coefficient (Wildman–Crippen LogP) is 4.00. The van der Waals surface area contributed by atoms with Gasteiger partial charge < -0.3 is 4.57 Å². The first-order chi connectivity index (χ1) is 12.5. The lowest BCUT2D eigenvalue weighted by Gasteiger charge is -2.08. The Morgan fingerprint density at radius 1 is 1.31 bits per heavy atom. The quantitative estimate of drug-likeness (QED) is 0.572. The number of nitrogens with one attached hydrogen (secondary N) is 1. The lowest BCUT2D eigenvalue weighted by atomic mass is 10.1. The van der Waals surface area contributed by atoms with Crippen LogP contribution in [0.2, 0.25) is 0 Å². The van der Waals surface area contributed by atoms with Crippen LogP contribution in [0.15, 0.2) is 53.8 Å². The number of carbonyl (C=O) groups excluding carboxylic acids is 1. The van der Waals surface area contributed by atoms with E-state index in [1.165, 1.54) is 12.1 Å². The van der Waals surface area contributed by atoms with E-state index in [1.807, 2.05) is 36.5 Å². The van der Waals surface area contributed by atoms with E-state index >= 15 is 0 Å². The third-order valence-corrected chi connectivity index (χ3v) is 4.04. The highest BCUT2D eigenvalue weighted by molar-refractivity contribution is 6.00. The van der Waals surface area contributed by atoms with Crippen LogP contribution in [0.5, 0.6) is 0 Å². The monoisotopic (exact) mass is 348 g/mol. The second kappa shape index (κ2) is 7.19. The fourth-order valence-electron chi connectivity index (χ4n) is 2.75. The van der Waals surface area contributed by atoms with Crippen LogP contribution in [-0.2, 0) is 0 Å². The highest BCUT2D eigenvalue weighted by Crippen LogP contribution is 2.23. The molecule has 0 aliphatic carbocycles. The van der Waals surface area contributed by atoms with Crippen molar-refractivity contribution in [3.8, 4) is 6.07 Å². The van der Waals surface area contributed by atoms with E-state index in [1.54, 1.807) is 6.21 Å². The fraction of sp³-hybridized carbons (Fsp3) is 0.150. The van der Waals surface area contributed by atoms with Gasteiger partial charge in [0.1, 0.15) is 5.82 Å². The fourth-order valence-corrected chi connectivity index (χ4v) is 2.75. The van der Waals surface area contributed by atoms with E-state index in [4.69, 9.17) is 5.26 Å². The van der Waals surface area contributed by atoms with Gasteiger partial charge in [0.05, 0.1) is 23.4 Å². The molecule has 6 heteroatoms. The van der Waals surface area contributed by atoms with Gasteiger partial charge in [-0.25, -0.2) is 9.82 Å². The Balaban J connectivity index is 1.82. The molecule has 3 aromatic rings. The molecule has 0 bridgehead atoms. The highest BCUT2D eigenvalue weighted by Gasteiger charge is 2.12. The van der Waals surface area contributed by atoms with Crippen LogP contribution in [0.1, 0.15) is 41.4 Å². The molecule has 1 N–H and O–H groups in total. The summed E-state index contributed by atoms with van der Waals surface area (Å²) in [5, 5.41) is 13.7. The van der Waals surface area contributed by atoms with Crippen LogP contribution in [0.4, 0.5) is 4.39 Å². The van der Waals surface area contributed by atoms with Crippen molar-refractivity contribution in [2.24, 2.45) is 5.10 Å². The number of nitriles is 1. The second-order valence-electron chi connectivity index (χ2n) is 6.11. The molecule has 0 saturated heterocycles. The van der Waals surface area contributed by atoms with Crippen molar-refractivity contribution in [1.82, 2.24) is 9.99 Å². The van der Waals surface area contributed by atoms with E-state index in [2.05, 4.69) is 28.9 Å². The first-order valence-electron chi connectivity index (χ1n) is 8.14. The third-order valence-electron chi connectivity index (χ3n) is 4.04. The molecule has 0 unspecified atom stereocenters. The lowest BCUT2D eigenvalue weighted by Crippen LogP contribution is -2.19. The number of aromatic nitrogens is 1. The zero-order valence-electron chi connectivity index (χ0n) is 14.4. The maximum absolute atomic E-state index is 13.9. The summed E-state index contributed by atoms with van der Waals surface area (Å²) in [5.74, 6) is -1.43. The first-order valence-corrected chi connectivity index (χ1v) is 8.14. The van der Waals surface area contributed by atoms with Crippen LogP contribution in [-0.4, -0.2) is 16.7 Å². The van der Waals surface area contributed by atoms with Crippen LogP contribution in [0, 0.1) is 17.1 Å². The van der Waals surface area contributed by atoms with Crippen LogP contribution in [0.25, 0.3) is 10.9 Å². The van der Waals surface area contributed by atoms with Gasteiger partial charge in [-0.15, -0.1) is 0 Å². The second-order valence-corrected chi connectivity index (χ2v) is 6.11. The molecule has 5 nitrogen and oxygen atoms in total. The van der Waals surface area contributed by atoms with Gasteiger partial charge in [-0.1, -0.05) is 18.2 Å². The molecule has 1 amide bonds. The van der Waals surface area contributed by atoms with Crippen molar-refractivity contribution in [2.75, 3.05) is 0 Å². The zero-order chi connectivity index (χ0) is 18.7. The number of amides is 1. The van der Waals surface area contributed by atoms with Crippen molar-refractivity contribution >= 4 is 23.0 Å². The number of hydrogen-bond acceptors (Lipinski definition) is 3. The van der Waals surface area contributed by atoms with Gasteiger partial charge in [0.15, 0.2) is 0 Å². The van der Waals surface area contributed by atoms with E-state index in [9.17, 15) is 9.18 Å². The average Bonchev–Trinajstić information content (AvgIpc) is 3.00. The van der Waals surface area contributed by atoms with Crippen molar-refractivity contribution in [1.29, 1.82) is 5.26 Å². The number of hydrazone groups is 1. The Bertz CT molecular complexity index is 1040. The SMILES string of the molecule is CC(C)n1cc(/C=N/NC(=O)c2ccc(C#N)cc2F)c2ccccc21. The number of para-hydroxylation sites is 1. The maximum atomic E-state index is 13.9. The topological polar surface area (TPSA) is 70.2 Å². The molecule has 0 aliphatic heterocycles. The average molecular weight is 348 g/mol. The van der Waals surface area contributed by atoms with Gasteiger partial charge in [0, 0.05) is 28.7 Å². The van der Waals surface area contributed by atoms with Gasteiger partial charge in [0.2, 0.25) is 0 Å². The van der Waals surface area contributed by atoms with E-state index in [0.717, 1.165) is 22.5 Å². The van der Waals surface area contributed by atoms with Gasteiger partial charge in [0.25, 0.3) is 5.91 Å². The molecule has 1 heterocycles. The van der Waals surface area contributed by atoms with Crippen LogP contribution in [0.3, 0.4) is 0 Å². The van der Waals surface area contributed by atoms with Crippen molar-refractivity contribution in [3.63, 3.8) is 0 Å². The molecule has 0 aliphatic rings. The van der Waals surface area contributed by atoms with E-state index < -0.39 is 11.7 Å². The normalized spacial score (nSPS) is 11.2. The van der Waals surface area contributed by atoms with Gasteiger partial charge >= 0.3 is 0 Å². The number of nitrogens with zero attached hydrogens (tertiary/aromatic N) is 3. The maximum Gasteiger partial charge on any atom is 0.274 e. The summed E-state index contributed by atoms with van der Waals surface area (Å²) in [5.41, 5.74) is 4.26. The molecular formula is C20H17FN4O. The minimum atomic E-state index is -0.756. The van der Waals surface area contributed by atoms with Crippen molar-refractivity contribution in [3.05, 3.63) is 71.2 Å². The Kier molecular flexibility index (Phi) is 4.81. The third kappa shape index (κ3) is 3.33. The first kappa shape index (κ1) is 17.4. The summed E-state index contributed by atoms with van der Waals surface area (Å²) in [7, 11) is 0. The molecule has 2 aromatic carbocycles. The molecule has 0 fully saturated rings. The van der Waals surface area contributed by atoms with E-state index in [-0.39, 0.29) is 17.2 Å². The van der Waals surface area contributed by atoms with Crippen molar-refractivity contribution < 1.29 is 9.18 Å². The highest BCUT2D eigenvalue weighted by atomic mass is 19.1.